The summed E-state index contributed by atoms with van der Waals surface area (Å²) in [4.78, 5) is 18.0. The van der Waals surface area contributed by atoms with Gasteiger partial charge in [0.25, 0.3) is 5.91 Å². The number of hydrogen-bond acceptors (Lipinski definition) is 5. The number of phenols is 1. The van der Waals surface area contributed by atoms with Crippen LogP contribution in [0.25, 0.3) is 11.4 Å². The van der Waals surface area contributed by atoms with Crippen molar-refractivity contribution in [1.29, 1.82) is 0 Å². The highest BCUT2D eigenvalue weighted by atomic mass is 16.3. The second kappa shape index (κ2) is 8.03. The zero-order valence-corrected chi connectivity index (χ0v) is 17.4. The molecule has 1 atom stereocenters. The number of aromatic nitrogens is 3. The molecule has 0 radical (unpaired) electrons. The maximum Gasteiger partial charge on any atom is 0.255 e. The van der Waals surface area contributed by atoms with E-state index < -0.39 is 6.04 Å². The summed E-state index contributed by atoms with van der Waals surface area (Å²) in [5.74, 6) is 1.03. The Labute approximate surface area is 185 Å². The van der Waals surface area contributed by atoms with Crippen LogP contribution in [0.5, 0.6) is 5.75 Å². The van der Waals surface area contributed by atoms with Gasteiger partial charge in [-0.3, -0.25) is 4.79 Å². The van der Waals surface area contributed by atoms with Gasteiger partial charge in [0.2, 0.25) is 5.95 Å². The first-order chi connectivity index (χ1) is 15.6. The smallest absolute Gasteiger partial charge is 0.255 e. The summed E-state index contributed by atoms with van der Waals surface area (Å²) < 4.78 is 1.74. The number of fused-ring (bicyclic) bond motifs is 1. The Balaban J connectivity index is 1.59. The van der Waals surface area contributed by atoms with Crippen LogP contribution in [0.2, 0.25) is 0 Å². The number of allylic oxidation sites excluding steroid dienone is 1. The van der Waals surface area contributed by atoms with Crippen LogP contribution < -0.4 is 10.6 Å². The quantitative estimate of drug-likeness (QED) is 0.447. The maximum absolute atomic E-state index is 13.4. The maximum atomic E-state index is 13.4. The van der Waals surface area contributed by atoms with Gasteiger partial charge in [0.15, 0.2) is 5.82 Å². The molecule has 7 heteroatoms. The van der Waals surface area contributed by atoms with Crippen molar-refractivity contribution in [2.45, 2.75) is 13.0 Å². The van der Waals surface area contributed by atoms with E-state index >= 15 is 0 Å². The van der Waals surface area contributed by atoms with Crippen LogP contribution in [0.15, 0.2) is 96.2 Å². The van der Waals surface area contributed by atoms with E-state index in [0.717, 1.165) is 16.8 Å². The van der Waals surface area contributed by atoms with E-state index in [9.17, 15) is 9.90 Å². The number of anilines is 2. The predicted octanol–water partition coefficient (Wildman–Crippen LogP) is 4.58. The van der Waals surface area contributed by atoms with E-state index in [0.29, 0.717) is 23.0 Å². The largest absolute Gasteiger partial charge is 0.508 e. The van der Waals surface area contributed by atoms with Crippen molar-refractivity contribution in [3.8, 4) is 17.1 Å². The molecule has 3 aromatic carbocycles. The Morgan fingerprint density at radius 3 is 2.31 bits per heavy atom. The average molecular weight is 423 g/mol. The number of hydrogen-bond donors (Lipinski definition) is 3. The van der Waals surface area contributed by atoms with Crippen LogP contribution in [-0.2, 0) is 4.79 Å². The Kier molecular flexibility index (Phi) is 4.91. The van der Waals surface area contributed by atoms with Gasteiger partial charge < -0.3 is 15.7 Å². The molecule has 1 unspecified atom stereocenters. The van der Waals surface area contributed by atoms with E-state index in [-0.39, 0.29) is 11.7 Å². The number of phenolic OH excluding ortho intramolecular Hbond substituents is 1. The van der Waals surface area contributed by atoms with Crippen molar-refractivity contribution in [3.63, 3.8) is 0 Å². The van der Waals surface area contributed by atoms with Crippen LogP contribution in [0.3, 0.4) is 0 Å². The number of aromatic hydroxyl groups is 1. The van der Waals surface area contributed by atoms with Crippen molar-refractivity contribution in [1.82, 2.24) is 14.8 Å². The number of benzene rings is 3. The Bertz CT molecular complexity index is 1300. The third-order valence-electron chi connectivity index (χ3n) is 5.37. The average Bonchev–Trinajstić information content (AvgIpc) is 3.23. The molecule has 5 rings (SSSR count). The Morgan fingerprint density at radius 2 is 1.62 bits per heavy atom. The molecule has 2 heterocycles. The molecule has 32 heavy (non-hydrogen) atoms. The van der Waals surface area contributed by atoms with E-state index in [2.05, 4.69) is 15.6 Å². The summed E-state index contributed by atoms with van der Waals surface area (Å²) in [6.45, 7) is 1.87. The van der Waals surface area contributed by atoms with Crippen molar-refractivity contribution in [2.75, 3.05) is 10.6 Å². The predicted molar refractivity (Wildman–Crippen MR) is 123 cm³/mol. The molecular formula is C25H21N5O2. The number of carbonyl (C=O) groups excluding carboxylic acids is 1. The molecule has 0 saturated carbocycles. The molecular weight excluding hydrogens is 402 g/mol. The highest BCUT2D eigenvalue weighted by Gasteiger charge is 2.34. The summed E-state index contributed by atoms with van der Waals surface area (Å²) in [5.41, 5.74) is 3.69. The minimum absolute atomic E-state index is 0.176. The van der Waals surface area contributed by atoms with Gasteiger partial charge in [-0.05, 0) is 48.9 Å². The first-order valence-electron chi connectivity index (χ1n) is 10.3. The lowest BCUT2D eigenvalue weighted by Gasteiger charge is -2.28. The lowest BCUT2D eigenvalue weighted by atomic mass is 9.95. The molecule has 0 fully saturated rings. The minimum atomic E-state index is -0.450. The molecule has 0 spiro atoms. The summed E-state index contributed by atoms with van der Waals surface area (Å²) in [6, 6.07) is 25.4. The van der Waals surface area contributed by atoms with E-state index in [1.807, 2.05) is 67.6 Å². The number of para-hydroxylation sites is 1. The van der Waals surface area contributed by atoms with Gasteiger partial charge >= 0.3 is 0 Å². The topological polar surface area (TPSA) is 92.1 Å². The first kappa shape index (κ1) is 19.6. The number of nitrogens with zero attached hydrogens (tertiary/aromatic N) is 3. The fourth-order valence-corrected chi connectivity index (χ4v) is 3.84. The van der Waals surface area contributed by atoms with Gasteiger partial charge in [-0.15, -0.1) is 5.10 Å². The monoisotopic (exact) mass is 423 g/mol. The van der Waals surface area contributed by atoms with Gasteiger partial charge in [0, 0.05) is 16.9 Å². The normalized spacial score (nSPS) is 15.1. The van der Waals surface area contributed by atoms with Crippen LogP contribution in [-0.4, -0.2) is 25.8 Å². The second-order valence-electron chi connectivity index (χ2n) is 7.55. The van der Waals surface area contributed by atoms with Gasteiger partial charge in [-0.25, -0.2) is 4.68 Å². The molecule has 3 N–H and O–H groups in total. The van der Waals surface area contributed by atoms with E-state index in [1.54, 1.807) is 28.9 Å². The molecule has 0 saturated heterocycles. The molecule has 0 bridgehead atoms. The van der Waals surface area contributed by atoms with Crippen molar-refractivity contribution in [2.24, 2.45) is 0 Å². The summed E-state index contributed by atoms with van der Waals surface area (Å²) >= 11 is 0. The molecule has 4 aromatic rings. The lowest BCUT2D eigenvalue weighted by molar-refractivity contribution is -0.113. The fourth-order valence-electron chi connectivity index (χ4n) is 3.84. The summed E-state index contributed by atoms with van der Waals surface area (Å²) in [6.07, 6.45) is 0. The van der Waals surface area contributed by atoms with Crippen molar-refractivity contribution < 1.29 is 9.90 Å². The minimum Gasteiger partial charge on any atom is -0.508 e. The van der Waals surface area contributed by atoms with Crippen molar-refractivity contribution >= 4 is 17.5 Å². The Hall–Kier alpha value is -4.39. The third-order valence-corrected chi connectivity index (χ3v) is 5.37. The number of carbonyl (C=O) groups is 1. The lowest BCUT2D eigenvalue weighted by Crippen LogP contribution is -2.31. The molecule has 158 valence electrons. The van der Waals surface area contributed by atoms with Gasteiger partial charge in [0.1, 0.15) is 11.8 Å². The molecule has 1 aromatic heterocycles. The molecule has 1 aliphatic rings. The molecule has 0 aliphatic carbocycles. The molecule has 1 aliphatic heterocycles. The number of rotatable bonds is 4. The summed E-state index contributed by atoms with van der Waals surface area (Å²) in [7, 11) is 0. The van der Waals surface area contributed by atoms with Crippen LogP contribution in [0.4, 0.5) is 11.6 Å². The fraction of sp³-hybridized carbons (Fsp3) is 0.0800. The zero-order valence-electron chi connectivity index (χ0n) is 17.4. The van der Waals surface area contributed by atoms with E-state index in [4.69, 9.17) is 5.10 Å². The molecule has 7 nitrogen and oxygen atoms in total. The van der Waals surface area contributed by atoms with Crippen LogP contribution in [0, 0.1) is 0 Å². The zero-order chi connectivity index (χ0) is 22.1. The van der Waals surface area contributed by atoms with Gasteiger partial charge in [0.05, 0.1) is 5.57 Å². The van der Waals surface area contributed by atoms with Crippen LogP contribution in [0.1, 0.15) is 18.5 Å². The third kappa shape index (κ3) is 3.60. The highest BCUT2D eigenvalue weighted by Crippen LogP contribution is 2.36. The standard InChI is InChI=1S/C25H21N5O2/c1-16-21(24(32)27-19-10-6-3-7-11-19)22(17-8-4-2-5-9-17)30-25(26-16)28-23(29-30)18-12-14-20(31)15-13-18/h2-15,22,31H,1H3,(H,27,32)(H,26,28,29). The highest BCUT2D eigenvalue weighted by molar-refractivity contribution is 6.06. The number of nitrogens with one attached hydrogen (secondary N) is 2. The second-order valence-corrected chi connectivity index (χ2v) is 7.55. The van der Waals surface area contributed by atoms with Gasteiger partial charge in [-0.1, -0.05) is 48.5 Å². The van der Waals surface area contributed by atoms with Crippen LogP contribution >= 0.6 is 0 Å². The van der Waals surface area contributed by atoms with Crippen molar-refractivity contribution in [3.05, 3.63) is 102 Å². The SMILES string of the molecule is CC1=C(C(=O)Nc2ccccc2)C(c2ccccc2)n2nc(-c3ccc(O)cc3)nc2N1. The summed E-state index contributed by atoms with van der Waals surface area (Å²) in [5, 5.41) is 20.6. The number of amides is 1. The van der Waals surface area contributed by atoms with Gasteiger partial charge in [-0.2, -0.15) is 4.98 Å². The first-order valence-corrected chi connectivity index (χ1v) is 10.3. The molecule has 1 amide bonds. The Morgan fingerprint density at radius 1 is 0.969 bits per heavy atom. The van der Waals surface area contributed by atoms with E-state index in [1.165, 1.54) is 0 Å².